The summed E-state index contributed by atoms with van der Waals surface area (Å²) < 4.78 is 10.9. The first kappa shape index (κ1) is 31.1. The van der Waals surface area contributed by atoms with E-state index in [1.54, 1.807) is 6.33 Å². The molecule has 0 fully saturated rings. The van der Waals surface area contributed by atoms with E-state index in [1.807, 2.05) is 24.4 Å². The van der Waals surface area contributed by atoms with Crippen molar-refractivity contribution in [2.45, 2.75) is 25.8 Å². The van der Waals surface area contributed by atoms with E-state index in [4.69, 9.17) is 10.5 Å². The van der Waals surface area contributed by atoms with Crippen LogP contribution >= 0.6 is 35.5 Å². The van der Waals surface area contributed by atoms with E-state index in [9.17, 15) is 0 Å². The molecule has 42 heavy (non-hydrogen) atoms. The molecule has 2 aromatic heterocycles. The maximum Gasteiger partial charge on any atom is 0.158 e. The molecule has 10 heteroatoms. The zero-order chi connectivity index (χ0) is 27.3. The summed E-state index contributed by atoms with van der Waals surface area (Å²) in [4.78, 5) is 8.90. The van der Waals surface area contributed by atoms with Gasteiger partial charge in [0, 0.05) is 36.1 Å². The van der Waals surface area contributed by atoms with Gasteiger partial charge in [-0.1, -0.05) is 71.3 Å². The number of fused-ring (bicyclic) bond motifs is 1. The van der Waals surface area contributed by atoms with Crippen LogP contribution in [0.2, 0.25) is 0 Å². The number of nitrogens with two attached hydrogens (primary N) is 1. The topological polar surface area (TPSA) is 81.2 Å². The monoisotopic (exact) mass is 620 g/mol. The van der Waals surface area contributed by atoms with Crippen molar-refractivity contribution in [3.63, 3.8) is 0 Å². The fourth-order valence-electron chi connectivity index (χ4n) is 4.81. The Morgan fingerprint density at radius 2 is 1.64 bits per heavy atom. The van der Waals surface area contributed by atoms with E-state index in [0.29, 0.717) is 13.1 Å². The molecule has 0 spiro atoms. The highest BCUT2D eigenvalue weighted by molar-refractivity contribution is 8.12. The molecular formula is C32H34Cl2N6OS. The standard InChI is InChI=1S/C32H32N6OS.2ClH/c1-24-18-27(36-32-31-29(34-23-35-32)14-16-37(31)17-15-33)12-13-30(24)39-28-20-38(19-25-8-4-2-5-9-25)40(22-28)21-26-10-6-3-7-11-26;;/h2-14,16,18,20,22-23H,15,17,19,21,33H2,1H3,(H,34,35,36);2*1H. The summed E-state index contributed by atoms with van der Waals surface area (Å²) in [7, 11) is -0.119. The van der Waals surface area contributed by atoms with Crippen molar-refractivity contribution in [2.75, 3.05) is 11.9 Å². The number of nitrogens with zero attached hydrogens (tertiary/aromatic N) is 4. The van der Waals surface area contributed by atoms with Gasteiger partial charge >= 0.3 is 0 Å². The number of hydrogen-bond acceptors (Lipinski definition) is 6. The van der Waals surface area contributed by atoms with Crippen molar-refractivity contribution in [3.05, 3.63) is 126 Å². The van der Waals surface area contributed by atoms with Crippen LogP contribution in [-0.2, 0) is 18.8 Å². The van der Waals surface area contributed by atoms with Crippen LogP contribution in [0.1, 0.15) is 16.7 Å². The second-order valence-corrected chi connectivity index (χ2v) is 11.5. The molecule has 0 saturated carbocycles. The molecule has 0 aliphatic carbocycles. The quantitative estimate of drug-likeness (QED) is 0.161. The van der Waals surface area contributed by atoms with Gasteiger partial charge in [-0.3, -0.25) is 0 Å². The average Bonchev–Trinajstić information content (AvgIpc) is 3.55. The lowest BCUT2D eigenvalue weighted by Gasteiger charge is -2.21. The van der Waals surface area contributed by atoms with Crippen LogP contribution in [-0.4, -0.2) is 30.8 Å². The molecule has 3 aromatic carbocycles. The van der Waals surface area contributed by atoms with E-state index in [-0.39, 0.29) is 35.5 Å². The summed E-state index contributed by atoms with van der Waals surface area (Å²) in [5, 5.41) is 5.72. The van der Waals surface area contributed by atoms with E-state index < -0.39 is 0 Å². The largest absolute Gasteiger partial charge is 0.455 e. The van der Waals surface area contributed by atoms with Crippen molar-refractivity contribution >= 4 is 63.4 Å². The first-order valence-electron chi connectivity index (χ1n) is 13.3. The Morgan fingerprint density at radius 1 is 0.905 bits per heavy atom. The molecule has 218 valence electrons. The van der Waals surface area contributed by atoms with Gasteiger partial charge in [-0.05, 0) is 47.9 Å². The molecule has 0 saturated heterocycles. The molecule has 0 bridgehead atoms. The number of anilines is 2. The van der Waals surface area contributed by atoms with Crippen molar-refractivity contribution in [1.82, 2.24) is 18.8 Å². The predicted molar refractivity (Wildman–Crippen MR) is 180 cm³/mol. The summed E-state index contributed by atoms with van der Waals surface area (Å²) in [6, 6.07) is 29.3. The highest BCUT2D eigenvalue weighted by atomic mass is 35.5. The highest BCUT2D eigenvalue weighted by Crippen LogP contribution is 2.35. The van der Waals surface area contributed by atoms with Gasteiger partial charge in [-0.2, -0.15) is 0 Å². The molecule has 1 atom stereocenters. The van der Waals surface area contributed by atoms with Crippen molar-refractivity contribution in [3.8, 4) is 5.75 Å². The smallest absolute Gasteiger partial charge is 0.158 e. The Kier molecular flexibility index (Phi) is 10.7. The van der Waals surface area contributed by atoms with Crippen molar-refractivity contribution < 1.29 is 4.74 Å². The number of halogens is 2. The third kappa shape index (κ3) is 7.14. The Bertz CT molecular complexity index is 1690. The summed E-state index contributed by atoms with van der Waals surface area (Å²) in [5.41, 5.74) is 12.2. The van der Waals surface area contributed by atoms with Crippen LogP contribution in [0.5, 0.6) is 5.75 Å². The molecule has 7 nitrogen and oxygen atoms in total. The third-order valence-corrected chi connectivity index (χ3v) is 8.72. The fourth-order valence-corrected chi connectivity index (χ4v) is 6.66. The molecule has 0 radical (unpaired) electrons. The Balaban J connectivity index is 0.00000202. The van der Waals surface area contributed by atoms with Gasteiger partial charge in [-0.25, -0.2) is 9.97 Å². The van der Waals surface area contributed by atoms with Crippen molar-refractivity contribution in [2.24, 2.45) is 5.73 Å². The van der Waals surface area contributed by atoms with Crippen LogP contribution in [0.4, 0.5) is 11.5 Å². The summed E-state index contributed by atoms with van der Waals surface area (Å²) >= 11 is 0. The van der Waals surface area contributed by atoms with Gasteiger partial charge in [0.25, 0.3) is 0 Å². The van der Waals surface area contributed by atoms with Gasteiger partial charge in [0.15, 0.2) is 11.6 Å². The molecular weight excluding hydrogens is 587 g/mol. The molecule has 0 amide bonds. The van der Waals surface area contributed by atoms with E-state index in [2.05, 4.69) is 109 Å². The van der Waals surface area contributed by atoms with E-state index >= 15 is 0 Å². The van der Waals surface area contributed by atoms with Gasteiger partial charge < -0.3 is 24.7 Å². The first-order chi connectivity index (χ1) is 19.7. The Hall–Kier alpha value is -3.82. The zero-order valence-electron chi connectivity index (χ0n) is 23.2. The molecule has 3 heterocycles. The first-order valence-corrected chi connectivity index (χ1v) is 14.7. The normalized spacial score (nSPS) is 14.0. The number of rotatable bonds is 10. The maximum absolute atomic E-state index is 6.46. The number of nitrogens with one attached hydrogen (secondary N) is 1. The van der Waals surface area contributed by atoms with E-state index in [0.717, 1.165) is 51.9 Å². The van der Waals surface area contributed by atoms with Crippen LogP contribution in [0.25, 0.3) is 11.0 Å². The number of allylic oxidation sites excluding steroid dienone is 1. The minimum Gasteiger partial charge on any atom is -0.455 e. The number of hydrogen-bond donors (Lipinski definition) is 2. The molecule has 1 aliphatic heterocycles. The van der Waals surface area contributed by atoms with Gasteiger partial charge in [0.2, 0.25) is 0 Å². The second-order valence-electron chi connectivity index (χ2n) is 9.70. The summed E-state index contributed by atoms with van der Waals surface area (Å²) in [6.07, 6.45) is 5.73. The van der Waals surface area contributed by atoms with Crippen molar-refractivity contribution in [1.29, 1.82) is 0 Å². The average molecular weight is 622 g/mol. The van der Waals surface area contributed by atoms with Crippen LogP contribution in [0, 0.1) is 6.92 Å². The van der Waals surface area contributed by atoms with Gasteiger partial charge in [0.1, 0.15) is 17.6 Å². The van der Waals surface area contributed by atoms with Gasteiger partial charge in [-0.15, -0.1) is 24.8 Å². The minimum absolute atomic E-state index is 0. The van der Waals surface area contributed by atoms with Gasteiger partial charge in [0.05, 0.1) is 18.3 Å². The SMILES string of the molecule is Cc1cc(Nc2ncnc3ccn(CCN)c23)ccc1OC1=CN(Cc2ccccc2)S(Cc2ccccc2)=C1.Cl.Cl. The number of ether oxygens (including phenoxy) is 1. The zero-order valence-corrected chi connectivity index (χ0v) is 25.7. The number of benzene rings is 3. The third-order valence-electron chi connectivity index (χ3n) is 6.75. The number of aromatic nitrogens is 3. The second kappa shape index (κ2) is 14.4. The molecule has 5 aromatic rings. The predicted octanol–water partition coefficient (Wildman–Crippen LogP) is 7.21. The van der Waals surface area contributed by atoms with Crippen LogP contribution in [0.3, 0.4) is 0 Å². The molecule has 1 aliphatic rings. The van der Waals surface area contributed by atoms with E-state index in [1.165, 1.54) is 11.1 Å². The molecule has 6 rings (SSSR count). The lowest BCUT2D eigenvalue weighted by molar-refractivity contribution is 0.442. The summed E-state index contributed by atoms with van der Waals surface area (Å²) in [6.45, 7) is 4.15. The minimum atomic E-state index is -0.119. The maximum atomic E-state index is 6.46. The lowest BCUT2D eigenvalue weighted by atomic mass is 10.2. The number of aryl methyl sites for hydroxylation is 1. The van der Waals surface area contributed by atoms with Crippen LogP contribution < -0.4 is 15.8 Å². The Labute approximate surface area is 261 Å². The highest BCUT2D eigenvalue weighted by Gasteiger charge is 2.18. The summed E-state index contributed by atoms with van der Waals surface area (Å²) in [5.74, 6) is 3.40. The molecule has 3 N–H and O–H groups in total. The molecule has 1 unspecified atom stereocenters. The lowest BCUT2D eigenvalue weighted by Crippen LogP contribution is -2.10. The van der Waals surface area contributed by atoms with Crippen LogP contribution in [0.15, 0.2) is 109 Å². The Morgan fingerprint density at radius 3 is 2.36 bits per heavy atom. The fraction of sp³-hybridized carbons (Fsp3) is 0.156.